The van der Waals surface area contributed by atoms with Crippen LogP contribution in [0, 0.1) is 11.8 Å². The maximum Gasteiger partial charge on any atom is 0.159 e. The lowest BCUT2D eigenvalue weighted by Gasteiger charge is -2.34. The number of ether oxygens (including phenoxy) is 1. The minimum Gasteiger partial charge on any atom is -0.496 e. The highest BCUT2D eigenvalue weighted by Crippen LogP contribution is 2.41. The normalized spacial score (nSPS) is 25.4. The predicted molar refractivity (Wildman–Crippen MR) is 89.9 cm³/mol. The second-order valence-electron chi connectivity index (χ2n) is 6.66. The van der Waals surface area contributed by atoms with Crippen LogP contribution in [-0.2, 0) is 4.79 Å². The minimum absolute atomic E-state index is 0.354. The van der Waals surface area contributed by atoms with Gasteiger partial charge in [-0.25, -0.2) is 0 Å². The molecule has 0 amide bonds. The van der Waals surface area contributed by atoms with E-state index in [1.165, 1.54) is 38.5 Å². The van der Waals surface area contributed by atoms with E-state index in [-0.39, 0.29) is 0 Å². The van der Waals surface area contributed by atoms with Gasteiger partial charge in [0.2, 0.25) is 0 Å². The minimum atomic E-state index is 0.354. The summed E-state index contributed by atoms with van der Waals surface area (Å²) in [5.74, 6) is 2.38. The van der Waals surface area contributed by atoms with Gasteiger partial charge >= 0.3 is 0 Å². The lowest BCUT2D eigenvalue weighted by Crippen LogP contribution is -2.27. The average Bonchev–Trinajstić information content (AvgIpc) is 2.58. The smallest absolute Gasteiger partial charge is 0.159 e. The Bertz CT molecular complexity index is 553. The highest BCUT2D eigenvalue weighted by atomic mass is 16.5. The highest BCUT2D eigenvalue weighted by Gasteiger charge is 2.32. The van der Waals surface area contributed by atoms with Crippen molar-refractivity contribution in [3.8, 4) is 5.75 Å². The summed E-state index contributed by atoms with van der Waals surface area (Å²) in [5, 5.41) is 0. The molecule has 1 aromatic carbocycles. The molecule has 1 aromatic rings. The SMILES string of the molecule is COc1ccccc1/C=C1\C(=O)CCCC1C1CCCCC1. The van der Waals surface area contributed by atoms with Crippen LogP contribution in [-0.4, -0.2) is 12.9 Å². The summed E-state index contributed by atoms with van der Waals surface area (Å²) >= 11 is 0. The number of ketones is 1. The summed E-state index contributed by atoms with van der Waals surface area (Å²) in [6, 6.07) is 8.00. The standard InChI is InChI=1S/C20H26O2/c1-22-20-13-6-5-10-16(20)14-18-17(11-7-12-19(18)21)15-8-3-2-4-9-15/h5-6,10,13-15,17H,2-4,7-9,11-12H2,1H3/b18-14-. The Morgan fingerprint density at radius 1 is 1.05 bits per heavy atom. The monoisotopic (exact) mass is 298 g/mol. The quantitative estimate of drug-likeness (QED) is 0.732. The molecule has 0 N–H and O–H groups in total. The summed E-state index contributed by atoms with van der Waals surface area (Å²) in [4.78, 5) is 12.5. The van der Waals surface area contributed by atoms with Crippen LogP contribution in [0.3, 0.4) is 0 Å². The average molecular weight is 298 g/mol. The summed E-state index contributed by atoms with van der Waals surface area (Å²) < 4.78 is 5.45. The van der Waals surface area contributed by atoms with Crippen LogP contribution in [0.15, 0.2) is 29.8 Å². The van der Waals surface area contributed by atoms with Crippen molar-refractivity contribution in [3.63, 3.8) is 0 Å². The predicted octanol–water partition coefficient (Wildman–Crippen LogP) is 5.03. The molecule has 0 spiro atoms. The zero-order valence-electron chi connectivity index (χ0n) is 13.5. The van der Waals surface area contributed by atoms with Gasteiger partial charge in [-0.15, -0.1) is 0 Å². The van der Waals surface area contributed by atoms with E-state index in [1.54, 1.807) is 7.11 Å². The van der Waals surface area contributed by atoms with Gasteiger partial charge in [0.05, 0.1) is 7.11 Å². The van der Waals surface area contributed by atoms with E-state index in [0.717, 1.165) is 23.3 Å². The van der Waals surface area contributed by atoms with Gasteiger partial charge in [0.25, 0.3) is 0 Å². The van der Waals surface area contributed by atoms with Gasteiger partial charge in [-0.3, -0.25) is 4.79 Å². The van der Waals surface area contributed by atoms with Crippen molar-refractivity contribution in [3.05, 3.63) is 35.4 Å². The molecule has 2 saturated carbocycles. The number of hydrogen-bond donors (Lipinski definition) is 0. The molecular weight excluding hydrogens is 272 g/mol. The lowest BCUT2D eigenvalue weighted by molar-refractivity contribution is -0.117. The van der Waals surface area contributed by atoms with Crippen molar-refractivity contribution in [1.29, 1.82) is 0 Å². The Morgan fingerprint density at radius 2 is 1.82 bits per heavy atom. The Kier molecular flexibility index (Phi) is 4.97. The molecule has 2 aliphatic carbocycles. The Hall–Kier alpha value is -1.57. The molecule has 0 aromatic heterocycles. The molecule has 22 heavy (non-hydrogen) atoms. The van der Waals surface area contributed by atoms with Crippen LogP contribution in [0.4, 0.5) is 0 Å². The van der Waals surface area contributed by atoms with Gasteiger partial charge in [-0.05, 0) is 55.2 Å². The van der Waals surface area contributed by atoms with Crippen LogP contribution in [0.25, 0.3) is 6.08 Å². The fraction of sp³-hybridized carbons (Fsp3) is 0.550. The molecule has 1 atom stereocenters. The fourth-order valence-electron chi connectivity index (χ4n) is 4.16. The summed E-state index contributed by atoms with van der Waals surface area (Å²) in [5.41, 5.74) is 2.10. The third-order valence-corrected chi connectivity index (χ3v) is 5.31. The number of allylic oxidation sites excluding steroid dienone is 1. The third-order valence-electron chi connectivity index (χ3n) is 5.31. The molecule has 0 bridgehead atoms. The molecule has 3 rings (SSSR count). The zero-order chi connectivity index (χ0) is 15.4. The van der Waals surface area contributed by atoms with Crippen LogP contribution >= 0.6 is 0 Å². The second-order valence-corrected chi connectivity index (χ2v) is 6.66. The third kappa shape index (κ3) is 3.26. The molecule has 0 saturated heterocycles. The van der Waals surface area contributed by atoms with Crippen molar-refractivity contribution in [2.75, 3.05) is 7.11 Å². The number of Topliss-reactive ketones (excluding diaryl/α,β-unsaturated/α-hetero) is 1. The van der Waals surface area contributed by atoms with Crippen LogP contribution in [0.5, 0.6) is 5.75 Å². The number of rotatable bonds is 3. The first-order valence-electron chi connectivity index (χ1n) is 8.67. The lowest BCUT2D eigenvalue weighted by atomic mass is 9.70. The van der Waals surface area contributed by atoms with E-state index >= 15 is 0 Å². The van der Waals surface area contributed by atoms with Crippen molar-refractivity contribution in [2.24, 2.45) is 11.8 Å². The van der Waals surface area contributed by atoms with Crippen molar-refractivity contribution in [2.45, 2.75) is 51.4 Å². The number of hydrogen-bond acceptors (Lipinski definition) is 2. The summed E-state index contributed by atoms with van der Waals surface area (Å²) in [7, 11) is 1.69. The fourth-order valence-corrected chi connectivity index (χ4v) is 4.16. The largest absolute Gasteiger partial charge is 0.496 e. The molecule has 0 aliphatic heterocycles. The van der Waals surface area contributed by atoms with Crippen LogP contribution < -0.4 is 4.74 Å². The van der Waals surface area contributed by atoms with E-state index in [0.29, 0.717) is 24.0 Å². The summed E-state index contributed by atoms with van der Waals surface area (Å²) in [6.45, 7) is 0. The van der Waals surface area contributed by atoms with Gasteiger partial charge < -0.3 is 4.74 Å². The molecule has 0 heterocycles. The van der Waals surface area contributed by atoms with Gasteiger partial charge in [0.1, 0.15) is 5.75 Å². The molecule has 1 unspecified atom stereocenters. The molecule has 118 valence electrons. The topological polar surface area (TPSA) is 26.3 Å². The van der Waals surface area contributed by atoms with E-state index in [2.05, 4.69) is 6.08 Å². The van der Waals surface area contributed by atoms with E-state index in [9.17, 15) is 4.79 Å². The maximum atomic E-state index is 12.5. The first-order valence-corrected chi connectivity index (χ1v) is 8.67. The summed E-state index contributed by atoms with van der Waals surface area (Å²) in [6.07, 6.45) is 11.7. The first-order chi connectivity index (χ1) is 10.8. The number of para-hydroxylation sites is 1. The van der Waals surface area contributed by atoms with Gasteiger partial charge in [0.15, 0.2) is 5.78 Å². The van der Waals surface area contributed by atoms with Crippen molar-refractivity contribution >= 4 is 11.9 Å². The van der Waals surface area contributed by atoms with E-state index in [1.807, 2.05) is 24.3 Å². The Labute approximate surface area is 133 Å². The molecule has 2 heteroatoms. The second kappa shape index (κ2) is 7.13. The van der Waals surface area contributed by atoms with E-state index in [4.69, 9.17) is 4.74 Å². The maximum absolute atomic E-state index is 12.5. The molecule has 2 nitrogen and oxygen atoms in total. The van der Waals surface area contributed by atoms with Crippen LogP contribution in [0.1, 0.15) is 56.9 Å². The Morgan fingerprint density at radius 3 is 2.59 bits per heavy atom. The molecule has 2 aliphatic rings. The molecular formula is C20H26O2. The molecule has 2 fully saturated rings. The van der Waals surface area contributed by atoms with Gasteiger partial charge in [-0.2, -0.15) is 0 Å². The Balaban J connectivity index is 1.92. The van der Waals surface area contributed by atoms with Gasteiger partial charge in [0, 0.05) is 12.0 Å². The number of benzene rings is 1. The number of methoxy groups -OCH3 is 1. The molecule has 0 radical (unpaired) electrons. The van der Waals surface area contributed by atoms with Crippen molar-refractivity contribution in [1.82, 2.24) is 0 Å². The zero-order valence-corrected chi connectivity index (χ0v) is 13.5. The number of carbonyl (C=O) groups is 1. The van der Waals surface area contributed by atoms with Crippen LogP contribution in [0.2, 0.25) is 0 Å². The van der Waals surface area contributed by atoms with Crippen molar-refractivity contribution < 1.29 is 9.53 Å². The first kappa shape index (κ1) is 15.3. The highest BCUT2D eigenvalue weighted by molar-refractivity contribution is 6.01. The van der Waals surface area contributed by atoms with Gasteiger partial charge in [-0.1, -0.05) is 37.5 Å². The van der Waals surface area contributed by atoms with E-state index < -0.39 is 0 Å². The number of carbonyl (C=O) groups excluding carboxylic acids is 1.